The zero-order valence-electron chi connectivity index (χ0n) is 21.8. The van der Waals surface area contributed by atoms with Crippen molar-refractivity contribution in [2.24, 2.45) is 0 Å². The van der Waals surface area contributed by atoms with E-state index < -0.39 is 64.8 Å². The highest BCUT2D eigenvalue weighted by atomic mass is 32.2. The molecule has 17 heteroatoms. The molecule has 42 heavy (non-hydrogen) atoms. The first-order chi connectivity index (χ1) is 19.2. The molecule has 2 aliphatic rings. The molecule has 0 aliphatic carbocycles. The van der Waals surface area contributed by atoms with Gasteiger partial charge in [-0.3, -0.25) is 4.90 Å². The Kier molecular flexibility index (Phi) is 8.01. The van der Waals surface area contributed by atoms with E-state index in [1.165, 1.54) is 42.1 Å². The topological polar surface area (TPSA) is 71.4 Å². The van der Waals surface area contributed by atoms with Gasteiger partial charge >= 0.3 is 18.5 Å². The van der Waals surface area contributed by atoms with Crippen molar-refractivity contribution < 1.29 is 57.4 Å². The largest absolute Gasteiger partial charge is 0.748 e. The first-order valence-corrected chi connectivity index (χ1v) is 13.7. The number of halogens is 9. The molecule has 2 aliphatic heterocycles. The molecule has 0 amide bonds. The number of hydrogen-bond donors (Lipinski definition) is 1. The number of quaternary nitrogens is 1. The second-order valence-corrected chi connectivity index (χ2v) is 11.2. The van der Waals surface area contributed by atoms with Crippen LogP contribution < -0.4 is 19.6 Å². The fraction of sp³-hybridized carbons (Fsp3) is 0.360. The summed E-state index contributed by atoms with van der Waals surface area (Å²) in [7, 11) is -1.92. The van der Waals surface area contributed by atoms with Crippen molar-refractivity contribution >= 4 is 32.9 Å². The Morgan fingerprint density at radius 2 is 1.45 bits per heavy atom. The molecule has 2 atom stereocenters. The third-order valence-corrected chi connectivity index (χ3v) is 7.58. The number of benzene rings is 2. The lowest BCUT2D eigenvalue weighted by molar-refractivity contribution is -0.858. The SMILES string of the molecule is CN1/C(=C\C=C\C2N(C)c3ccc(C(F)(F)F)cc3[NH+]2CC(F)(F)F)N(CCS(=O)(=O)[O-])c2cc(C(F)(F)F)ccc21. The molecular formula is C25H23F9N4O3S. The normalized spacial score (nSPS) is 20.7. The van der Waals surface area contributed by atoms with Gasteiger partial charge < -0.3 is 19.3 Å². The molecular weight excluding hydrogens is 607 g/mol. The van der Waals surface area contributed by atoms with Gasteiger partial charge in [-0.05, 0) is 42.5 Å². The number of nitrogens with one attached hydrogen (secondary N) is 1. The smallest absolute Gasteiger partial charge is 0.438 e. The summed E-state index contributed by atoms with van der Waals surface area (Å²) in [6.45, 7) is -2.03. The number of anilines is 3. The van der Waals surface area contributed by atoms with E-state index in [0.29, 0.717) is 6.07 Å². The van der Waals surface area contributed by atoms with Crippen molar-refractivity contribution in [1.29, 1.82) is 0 Å². The van der Waals surface area contributed by atoms with Gasteiger partial charge in [0, 0.05) is 26.7 Å². The van der Waals surface area contributed by atoms with Crippen LogP contribution in [0.15, 0.2) is 60.4 Å². The summed E-state index contributed by atoms with van der Waals surface area (Å²) < 4.78 is 154. The molecule has 0 bridgehead atoms. The molecule has 2 unspecified atom stereocenters. The lowest BCUT2D eigenvalue weighted by atomic mass is 10.1. The van der Waals surface area contributed by atoms with Crippen LogP contribution in [-0.2, 0) is 22.5 Å². The molecule has 0 saturated carbocycles. The van der Waals surface area contributed by atoms with Gasteiger partial charge in [0.1, 0.15) is 11.5 Å². The van der Waals surface area contributed by atoms with Crippen LogP contribution in [0.3, 0.4) is 0 Å². The number of fused-ring (bicyclic) bond motifs is 2. The molecule has 0 radical (unpaired) electrons. The lowest BCUT2D eigenvalue weighted by Crippen LogP contribution is -3.12. The van der Waals surface area contributed by atoms with Gasteiger partial charge in [0.25, 0.3) is 0 Å². The van der Waals surface area contributed by atoms with Gasteiger partial charge in [-0.2, -0.15) is 39.5 Å². The number of alkyl halides is 9. The average molecular weight is 631 g/mol. The Balaban J connectivity index is 1.72. The summed E-state index contributed by atoms with van der Waals surface area (Å²) in [4.78, 5) is 3.58. The Morgan fingerprint density at radius 3 is 2.00 bits per heavy atom. The average Bonchev–Trinajstić information content (AvgIpc) is 3.25. The van der Waals surface area contributed by atoms with Crippen LogP contribution in [0.1, 0.15) is 11.1 Å². The second kappa shape index (κ2) is 10.7. The van der Waals surface area contributed by atoms with E-state index >= 15 is 0 Å². The predicted octanol–water partition coefficient (Wildman–Crippen LogP) is 4.48. The van der Waals surface area contributed by atoms with Crippen LogP contribution in [0.5, 0.6) is 0 Å². The van der Waals surface area contributed by atoms with E-state index in [1.807, 2.05) is 0 Å². The summed E-state index contributed by atoms with van der Waals surface area (Å²) in [6.07, 6.45) is -11.5. The maximum absolute atomic E-state index is 13.5. The van der Waals surface area contributed by atoms with E-state index in [2.05, 4.69) is 0 Å². The van der Waals surface area contributed by atoms with Crippen LogP contribution >= 0.6 is 0 Å². The van der Waals surface area contributed by atoms with E-state index in [-0.39, 0.29) is 33.5 Å². The van der Waals surface area contributed by atoms with Gasteiger partial charge in [0.15, 0.2) is 18.4 Å². The number of nitrogens with zero attached hydrogens (tertiary/aromatic N) is 3. The molecule has 2 aromatic rings. The predicted molar refractivity (Wildman–Crippen MR) is 134 cm³/mol. The molecule has 0 fully saturated rings. The van der Waals surface area contributed by atoms with Gasteiger partial charge in [0.2, 0.25) is 0 Å². The maximum Gasteiger partial charge on any atom is 0.438 e. The van der Waals surface area contributed by atoms with Crippen molar-refractivity contribution in [2.45, 2.75) is 24.7 Å². The van der Waals surface area contributed by atoms with Gasteiger partial charge in [0.05, 0.1) is 38.4 Å². The molecule has 230 valence electrons. The summed E-state index contributed by atoms with van der Waals surface area (Å²) in [5, 5.41) is 0. The Morgan fingerprint density at radius 1 is 0.881 bits per heavy atom. The van der Waals surface area contributed by atoms with Crippen molar-refractivity contribution in [3.63, 3.8) is 0 Å². The Bertz CT molecular complexity index is 1520. The third-order valence-electron chi connectivity index (χ3n) is 6.89. The van der Waals surface area contributed by atoms with Crippen molar-refractivity contribution in [2.75, 3.05) is 47.6 Å². The van der Waals surface area contributed by atoms with Gasteiger partial charge in [-0.1, -0.05) is 6.08 Å². The minimum atomic E-state index is -4.79. The summed E-state index contributed by atoms with van der Waals surface area (Å²) in [6, 6.07) is 5.24. The van der Waals surface area contributed by atoms with Crippen molar-refractivity contribution in [1.82, 2.24) is 0 Å². The Labute approximate surface area is 234 Å². The number of likely N-dealkylation sites (N-methyl/N-ethyl adjacent to an activating group) is 1. The molecule has 2 aromatic carbocycles. The van der Waals surface area contributed by atoms with Crippen LogP contribution in [0.4, 0.5) is 62.3 Å². The highest BCUT2D eigenvalue weighted by Crippen LogP contribution is 2.44. The molecule has 4 rings (SSSR count). The molecule has 7 nitrogen and oxygen atoms in total. The zero-order chi connectivity index (χ0) is 31.4. The highest BCUT2D eigenvalue weighted by molar-refractivity contribution is 7.85. The molecule has 1 N–H and O–H groups in total. The van der Waals surface area contributed by atoms with Gasteiger partial charge in [-0.25, -0.2) is 8.42 Å². The van der Waals surface area contributed by atoms with Crippen LogP contribution in [0.2, 0.25) is 0 Å². The van der Waals surface area contributed by atoms with E-state index in [4.69, 9.17) is 0 Å². The molecule has 0 spiro atoms. The molecule has 0 saturated heterocycles. The third kappa shape index (κ3) is 6.62. The van der Waals surface area contributed by atoms with E-state index in [0.717, 1.165) is 35.2 Å². The minimum Gasteiger partial charge on any atom is -0.748 e. The van der Waals surface area contributed by atoms with Crippen molar-refractivity contribution in [3.8, 4) is 0 Å². The number of rotatable bonds is 6. The quantitative estimate of drug-likeness (QED) is 0.375. The monoisotopic (exact) mass is 630 g/mol. The first kappa shape index (κ1) is 31.5. The Hall–Kier alpha value is -3.44. The fourth-order valence-corrected chi connectivity index (χ4v) is 5.40. The minimum absolute atomic E-state index is 0.0509. The van der Waals surface area contributed by atoms with E-state index in [1.54, 1.807) is 0 Å². The highest BCUT2D eigenvalue weighted by Gasteiger charge is 2.46. The standard InChI is InChI=1S/C25H23F9N4O3S/c1-35-17-8-6-15(24(29,30)31)12-19(17)37(10-11-42(39,40)41)21(35)4-3-5-22-36(2)18-9-7-16(25(32,33)34)13-20(18)38(22)14-23(26,27)28/h3-9,12-13,22H,10-11,14H2,1-2H3,(H,39,40,41)/b5-3+,21-4+. The summed E-state index contributed by atoms with van der Waals surface area (Å²) >= 11 is 0. The first-order valence-electron chi connectivity index (χ1n) is 12.1. The zero-order valence-corrected chi connectivity index (χ0v) is 22.6. The van der Waals surface area contributed by atoms with E-state index in [9.17, 15) is 52.5 Å². The van der Waals surface area contributed by atoms with Gasteiger partial charge in [-0.15, -0.1) is 0 Å². The summed E-state index contributed by atoms with van der Waals surface area (Å²) in [5.74, 6) is -0.845. The summed E-state index contributed by atoms with van der Waals surface area (Å²) in [5.41, 5.74) is -2.05. The maximum atomic E-state index is 13.5. The number of allylic oxidation sites excluding steroid dienone is 2. The van der Waals surface area contributed by atoms with Crippen molar-refractivity contribution in [3.05, 3.63) is 71.6 Å². The second-order valence-electron chi connectivity index (χ2n) is 9.69. The molecule has 2 heterocycles. The lowest BCUT2D eigenvalue weighted by Gasteiger charge is -2.25. The molecule has 0 aromatic heterocycles. The van der Waals surface area contributed by atoms with Crippen LogP contribution in [0, 0.1) is 0 Å². The van der Waals surface area contributed by atoms with Crippen LogP contribution in [0.25, 0.3) is 0 Å². The fourth-order valence-electron chi connectivity index (χ4n) is 5.00. The van der Waals surface area contributed by atoms with Crippen LogP contribution in [-0.4, -0.2) is 58.3 Å². The number of hydrogen-bond acceptors (Lipinski definition) is 6.